The smallest absolute Gasteiger partial charge is 0.193 e. The van der Waals surface area contributed by atoms with E-state index in [1.54, 1.807) is 12.2 Å². The Hall–Kier alpha value is -1.38. The third-order valence-electron chi connectivity index (χ3n) is 2.32. The Balaban J connectivity index is 0.00000112. The molecule has 80 valence electrons. The Morgan fingerprint density at radius 3 is 2.33 bits per heavy atom. The maximum absolute atomic E-state index is 9.72. The Morgan fingerprint density at radius 2 is 1.73 bits per heavy atom. The highest BCUT2D eigenvalue weighted by Crippen LogP contribution is 2.30. The molecule has 0 saturated carbocycles. The van der Waals surface area contributed by atoms with Crippen LogP contribution in [0, 0.1) is 0 Å². The highest BCUT2D eigenvalue weighted by molar-refractivity contribution is 5.73. The van der Waals surface area contributed by atoms with Crippen LogP contribution in [0.15, 0.2) is 48.6 Å². The van der Waals surface area contributed by atoms with Crippen LogP contribution in [-0.4, -0.2) is 16.0 Å². The normalized spacial score (nSPS) is 17.9. The van der Waals surface area contributed by atoms with Gasteiger partial charge in [-0.3, -0.25) is 0 Å². The van der Waals surface area contributed by atoms with Crippen molar-refractivity contribution in [2.45, 2.75) is 19.6 Å². The summed E-state index contributed by atoms with van der Waals surface area (Å²) in [6, 6.07) is 9.40. The van der Waals surface area contributed by atoms with Gasteiger partial charge < -0.3 is 10.2 Å². The molecule has 15 heavy (non-hydrogen) atoms. The minimum absolute atomic E-state index is 0. The van der Waals surface area contributed by atoms with Gasteiger partial charge in [-0.25, -0.2) is 0 Å². The van der Waals surface area contributed by atoms with Crippen molar-refractivity contribution in [3.63, 3.8) is 0 Å². The molecule has 0 saturated heterocycles. The Morgan fingerprint density at radius 1 is 1.07 bits per heavy atom. The van der Waals surface area contributed by atoms with Gasteiger partial charge >= 0.3 is 0 Å². The molecule has 0 heterocycles. The van der Waals surface area contributed by atoms with Gasteiger partial charge in [0.1, 0.15) is 0 Å². The minimum atomic E-state index is -1.73. The van der Waals surface area contributed by atoms with Crippen molar-refractivity contribution in [1.82, 2.24) is 0 Å². The molecule has 1 aromatic carbocycles. The van der Waals surface area contributed by atoms with Crippen LogP contribution in [0.2, 0.25) is 0 Å². The van der Waals surface area contributed by atoms with E-state index < -0.39 is 5.79 Å². The summed E-state index contributed by atoms with van der Waals surface area (Å²) in [5.74, 6) is -1.73. The van der Waals surface area contributed by atoms with E-state index in [1.807, 2.05) is 36.4 Å². The molecule has 0 spiro atoms. The van der Waals surface area contributed by atoms with Crippen LogP contribution in [0.25, 0.3) is 5.57 Å². The third-order valence-corrected chi connectivity index (χ3v) is 2.32. The van der Waals surface area contributed by atoms with Gasteiger partial charge in [-0.15, -0.1) is 0 Å². The lowest BCUT2D eigenvalue weighted by atomic mass is 9.92. The Bertz CT molecular complexity index is 375. The molecule has 0 aliphatic heterocycles. The summed E-state index contributed by atoms with van der Waals surface area (Å²) in [5.41, 5.74) is 1.41. The summed E-state index contributed by atoms with van der Waals surface area (Å²) >= 11 is 0. The zero-order valence-corrected chi connectivity index (χ0v) is 7.72. The van der Waals surface area contributed by atoms with Gasteiger partial charge in [0.15, 0.2) is 5.79 Å². The summed E-state index contributed by atoms with van der Waals surface area (Å²) in [5, 5.41) is 19.4. The highest BCUT2D eigenvalue weighted by atomic mass is 16.5. The van der Waals surface area contributed by atoms with Crippen LogP contribution >= 0.6 is 0 Å². The van der Waals surface area contributed by atoms with Gasteiger partial charge in [-0.05, 0) is 5.56 Å². The van der Waals surface area contributed by atoms with Gasteiger partial charge in [0.05, 0.1) is 0 Å². The van der Waals surface area contributed by atoms with E-state index in [0.29, 0.717) is 5.57 Å². The van der Waals surface area contributed by atoms with Crippen LogP contribution < -0.4 is 0 Å². The van der Waals surface area contributed by atoms with Crippen molar-refractivity contribution in [2.75, 3.05) is 0 Å². The average molecular weight is 204 g/mol. The van der Waals surface area contributed by atoms with E-state index >= 15 is 0 Å². The van der Waals surface area contributed by atoms with Gasteiger partial charge in [0.25, 0.3) is 0 Å². The molecule has 0 unspecified atom stereocenters. The zero-order chi connectivity index (χ0) is 10.0. The number of rotatable bonds is 1. The fourth-order valence-electron chi connectivity index (χ4n) is 1.59. The van der Waals surface area contributed by atoms with E-state index in [-0.39, 0.29) is 13.8 Å². The second kappa shape index (κ2) is 4.43. The summed E-state index contributed by atoms with van der Waals surface area (Å²) < 4.78 is 0. The molecule has 0 radical (unpaired) electrons. The van der Waals surface area contributed by atoms with Crippen molar-refractivity contribution in [1.29, 1.82) is 0 Å². The average Bonchev–Trinajstić information content (AvgIpc) is 2.18. The Kier molecular flexibility index (Phi) is 3.45. The third kappa shape index (κ3) is 2.35. The molecular weight excluding hydrogens is 188 g/mol. The van der Waals surface area contributed by atoms with Crippen LogP contribution in [0.1, 0.15) is 19.4 Å². The molecule has 0 amide bonds. The largest absolute Gasteiger partial charge is 0.362 e. The second-order valence-corrected chi connectivity index (χ2v) is 3.40. The SMILES string of the molecule is C.OC1(O)CC=CC=C1c1ccccc1. The molecule has 2 heteroatoms. The van der Waals surface area contributed by atoms with E-state index in [0.717, 1.165) is 5.56 Å². The van der Waals surface area contributed by atoms with Crippen molar-refractivity contribution in [2.24, 2.45) is 0 Å². The topological polar surface area (TPSA) is 40.5 Å². The molecule has 2 N–H and O–H groups in total. The van der Waals surface area contributed by atoms with Crippen molar-refractivity contribution in [3.8, 4) is 0 Å². The van der Waals surface area contributed by atoms with Crippen LogP contribution in [0.3, 0.4) is 0 Å². The Labute approximate surface area is 90.2 Å². The first-order valence-corrected chi connectivity index (χ1v) is 4.58. The summed E-state index contributed by atoms with van der Waals surface area (Å²) in [6.45, 7) is 0. The molecular formula is C13H16O2. The van der Waals surface area contributed by atoms with E-state index in [2.05, 4.69) is 0 Å². The maximum Gasteiger partial charge on any atom is 0.193 e. The van der Waals surface area contributed by atoms with E-state index in [4.69, 9.17) is 0 Å². The van der Waals surface area contributed by atoms with Gasteiger partial charge in [0, 0.05) is 12.0 Å². The second-order valence-electron chi connectivity index (χ2n) is 3.40. The maximum atomic E-state index is 9.72. The fraction of sp³-hybridized carbons (Fsp3) is 0.231. The van der Waals surface area contributed by atoms with E-state index in [1.165, 1.54) is 0 Å². The quantitative estimate of drug-likeness (QED) is 0.689. The highest BCUT2D eigenvalue weighted by Gasteiger charge is 2.29. The van der Waals surface area contributed by atoms with Crippen molar-refractivity contribution in [3.05, 3.63) is 54.1 Å². The first kappa shape index (κ1) is 11.7. The number of allylic oxidation sites excluding steroid dienone is 2. The summed E-state index contributed by atoms with van der Waals surface area (Å²) in [4.78, 5) is 0. The standard InChI is InChI=1S/C12H12O2.CH4/c13-12(14)9-5-4-8-11(12)10-6-2-1-3-7-10;/h1-8,13-14H,9H2;1H4. The molecule has 2 rings (SSSR count). The van der Waals surface area contributed by atoms with Gasteiger partial charge in [-0.2, -0.15) is 0 Å². The summed E-state index contributed by atoms with van der Waals surface area (Å²) in [6.07, 6.45) is 5.56. The first-order valence-electron chi connectivity index (χ1n) is 4.58. The molecule has 1 aliphatic rings. The number of aliphatic hydroxyl groups is 2. The van der Waals surface area contributed by atoms with Gasteiger partial charge in [-0.1, -0.05) is 56.0 Å². The first-order chi connectivity index (χ1) is 6.70. The monoisotopic (exact) mass is 204 g/mol. The number of hydrogen-bond acceptors (Lipinski definition) is 2. The molecule has 0 bridgehead atoms. The molecule has 0 fully saturated rings. The zero-order valence-electron chi connectivity index (χ0n) is 7.72. The van der Waals surface area contributed by atoms with Crippen LogP contribution in [-0.2, 0) is 0 Å². The van der Waals surface area contributed by atoms with E-state index in [9.17, 15) is 10.2 Å². The molecule has 0 aromatic heterocycles. The lowest BCUT2D eigenvalue weighted by molar-refractivity contribution is -0.105. The lowest BCUT2D eigenvalue weighted by Crippen LogP contribution is -2.30. The van der Waals surface area contributed by atoms with Crippen molar-refractivity contribution >= 4 is 5.57 Å². The molecule has 2 nitrogen and oxygen atoms in total. The number of benzene rings is 1. The fourth-order valence-corrected chi connectivity index (χ4v) is 1.59. The molecule has 1 aromatic rings. The molecule has 0 atom stereocenters. The van der Waals surface area contributed by atoms with Crippen LogP contribution in [0.5, 0.6) is 0 Å². The van der Waals surface area contributed by atoms with Gasteiger partial charge in [0.2, 0.25) is 0 Å². The molecule has 1 aliphatic carbocycles. The van der Waals surface area contributed by atoms with Crippen molar-refractivity contribution < 1.29 is 10.2 Å². The lowest BCUT2D eigenvalue weighted by Gasteiger charge is -2.26. The minimum Gasteiger partial charge on any atom is -0.362 e. The predicted octanol–water partition coefficient (Wildman–Crippen LogP) is 2.35. The van der Waals surface area contributed by atoms with Crippen LogP contribution in [0.4, 0.5) is 0 Å². The predicted molar refractivity (Wildman–Crippen MR) is 62.1 cm³/mol. The summed E-state index contributed by atoms with van der Waals surface area (Å²) in [7, 11) is 0. The number of hydrogen-bond donors (Lipinski definition) is 2.